The lowest BCUT2D eigenvalue weighted by molar-refractivity contribution is -0.132. The molecule has 3 aromatic rings. The van der Waals surface area contributed by atoms with E-state index >= 15 is 0 Å². The number of anilines is 1. The molecule has 1 unspecified atom stereocenters. The number of halogens is 2. The Morgan fingerprint density at radius 1 is 1.00 bits per heavy atom. The predicted molar refractivity (Wildman–Crippen MR) is 107 cm³/mol. The van der Waals surface area contributed by atoms with E-state index in [4.69, 9.17) is 11.6 Å². The molecule has 1 aliphatic heterocycles. The van der Waals surface area contributed by atoms with Crippen LogP contribution in [0, 0.1) is 5.82 Å². The average Bonchev–Trinajstić information content (AvgIpc) is 3.00. The minimum atomic E-state index is -1.17. The van der Waals surface area contributed by atoms with Crippen LogP contribution in [0.15, 0.2) is 78.5 Å². The van der Waals surface area contributed by atoms with Crippen molar-refractivity contribution in [2.24, 2.45) is 0 Å². The highest BCUT2D eigenvalue weighted by Crippen LogP contribution is 2.42. The standard InChI is InChI=1S/C22H14ClFN2O3/c23-14-10-8-13(9-11-14)20(27)18-19(15-5-1-2-6-16(15)24)26(22(29)21(18)28)17-7-3-4-12-25-17/h1-12,19,27H/b20-18-. The maximum absolute atomic E-state index is 14.7. The van der Waals surface area contributed by atoms with E-state index in [0.29, 0.717) is 5.02 Å². The van der Waals surface area contributed by atoms with E-state index in [0.717, 1.165) is 4.90 Å². The van der Waals surface area contributed by atoms with E-state index in [1.165, 1.54) is 36.5 Å². The molecule has 2 heterocycles. The predicted octanol–water partition coefficient (Wildman–Crippen LogP) is 4.50. The molecule has 144 valence electrons. The van der Waals surface area contributed by atoms with Crippen LogP contribution >= 0.6 is 11.6 Å². The van der Waals surface area contributed by atoms with Crippen molar-refractivity contribution in [1.29, 1.82) is 0 Å². The van der Waals surface area contributed by atoms with E-state index in [2.05, 4.69) is 4.98 Å². The first-order valence-electron chi connectivity index (χ1n) is 8.71. The number of amides is 1. The average molecular weight is 409 g/mol. The van der Waals surface area contributed by atoms with E-state index in [1.807, 2.05) is 0 Å². The van der Waals surface area contributed by atoms with Crippen LogP contribution in [0.5, 0.6) is 0 Å². The van der Waals surface area contributed by atoms with Gasteiger partial charge in [-0.1, -0.05) is 35.9 Å². The fraction of sp³-hybridized carbons (Fsp3) is 0.0455. The van der Waals surface area contributed by atoms with Crippen molar-refractivity contribution in [3.63, 3.8) is 0 Å². The lowest BCUT2D eigenvalue weighted by Crippen LogP contribution is -2.30. The van der Waals surface area contributed by atoms with E-state index in [9.17, 15) is 19.1 Å². The van der Waals surface area contributed by atoms with Gasteiger partial charge in [0.15, 0.2) is 0 Å². The van der Waals surface area contributed by atoms with Gasteiger partial charge in [-0.2, -0.15) is 0 Å². The van der Waals surface area contributed by atoms with Gasteiger partial charge in [0.25, 0.3) is 5.78 Å². The molecule has 1 saturated heterocycles. The van der Waals surface area contributed by atoms with Gasteiger partial charge < -0.3 is 5.11 Å². The van der Waals surface area contributed by atoms with Gasteiger partial charge in [0, 0.05) is 22.3 Å². The third-order valence-corrected chi connectivity index (χ3v) is 4.91. The minimum absolute atomic E-state index is 0.0767. The van der Waals surface area contributed by atoms with Crippen LogP contribution in [0.3, 0.4) is 0 Å². The number of pyridine rings is 1. The molecule has 0 radical (unpaired) electrons. The first-order chi connectivity index (χ1) is 14.0. The Morgan fingerprint density at radius 2 is 1.69 bits per heavy atom. The monoisotopic (exact) mass is 408 g/mol. The van der Waals surface area contributed by atoms with Gasteiger partial charge in [-0.25, -0.2) is 9.37 Å². The molecular weight excluding hydrogens is 395 g/mol. The molecule has 0 spiro atoms. The summed E-state index contributed by atoms with van der Waals surface area (Å²) in [6.07, 6.45) is 1.46. The smallest absolute Gasteiger partial charge is 0.301 e. The summed E-state index contributed by atoms with van der Waals surface area (Å²) in [6.45, 7) is 0. The molecule has 0 bridgehead atoms. The lowest BCUT2D eigenvalue weighted by atomic mass is 9.95. The molecule has 1 aromatic heterocycles. The molecular formula is C22H14ClFN2O3. The third kappa shape index (κ3) is 3.28. The number of rotatable bonds is 3. The summed E-state index contributed by atoms with van der Waals surface area (Å²) in [5.74, 6) is -2.66. The Hall–Kier alpha value is -3.51. The molecule has 29 heavy (non-hydrogen) atoms. The maximum atomic E-state index is 14.7. The van der Waals surface area contributed by atoms with Gasteiger partial charge in [-0.3, -0.25) is 14.5 Å². The number of aliphatic hydroxyl groups excluding tert-OH is 1. The highest BCUT2D eigenvalue weighted by Gasteiger charge is 2.48. The number of benzene rings is 2. The number of carbonyl (C=O) groups excluding carboxylic acids is 2. The SMILES string of the molecule is O=C1C(=O)N(c2ccccn2)C(c2ccccc2F)/C1=C(/O)c1ccc(Cl)cc1. The lowest BCUT2D eigenvalue weighted by Gasteiger charge is -2.24. The van der Waals surface area contributed by atoms with Gasteiger partial charge in [0.2, 0.25) is 0 Å². The first kappa shape index (κ1) is 18.8. The molecule has 0 aliphatic carbocycles. The number of hydrogen-bond acceptors (Lipinski definition) is 4. The second kappa shape index (κ2) is 7.48. The number of Topliss-reactive ketones (excluding diaryl/α,β-unsaturated/α-hetero) is 1. The van der Waals surface area contributed by atoms with Crippen molar-refractivity contribution >= 4 is 34.9 Å². The second-order valence-corrected chi connectivity index (χ2v) is 6.82. The summed E-state index contributed by atoms with van der Waals surface area (Å²) >= 11 is 5.89. The minimum Gasteiger partial charge on any atom is -0.507 e. The Labute approximate surface area is 170 Å². The van der Waals surface area contributed by atoms with E-state index in [1.54, 1.807) is 36.4 Å². The number of carbonyl (C=O) groups is 2. The fourth-order valence-electron chi connectivity index (χ4n) is 3.32. The molecule has 4 rings (SSSR count). The van der Waals surface area contributed by atoms with Crippen LogP contribution < -0.4 is 4.90 Å². The first-order valence-corrected chi connectivity index (χ1v) is 9.09. The highest BCUT2D eigenvalue weighted by molar-refractivity contribution is 6.51. The fourth-order valence-corrected chi connectivity index (χ4v) is 3.45. The summed E-state index contributed by atoms with van der Waals surface area (Å²) in [7, 11) is 0. The molecule has 7 heteroatoms. The number of aromatic nitrogens is 1. The van der Waals surface area contributed by atoms with Crippen LogP contribution in [0.2, 0.25) is 5.02 Å². The Kier molecular flexibility index (Phi) is 4.86. The van der Waals surface area contributed by atoms with Crippen LogP contribution in [0.4, 0.5) is 10.2 Å². The van der Waals surface area contributed by atoms with Crippen LogP contribution in [-0.4, -0.2) is 21.8 Å². The largest absolute Gasteiger partial charge is 0.507 e. The summed E-state index contributed by atoms with van der Waals surface area (Å²) < 4.78 is 14.7. The van der Waals surface area contributed by atoms with E-state index in [-0.39, 0.29) is 22.5 Å². The van der Waals surface area contributed by atoms with Crippen LogP contribution in [0.25, 0.3) is 5.76 Å². The molecule has 2 aromatic carbocycles. The Balaban J connectivity index is 1.97. The third-order valence-electron chi connectivity index (χ3n) is 4.66. The molecule has 5 nitrogen and oxygen atoms in total. The van der Waals surface area contributed by atoms with Crippen LogP contribution in [0.1, 0.15) is 17.2 Å². The van der Waals surface area contributed by atoms with Gasteiger partial charge in [-0.15, -0.1) is 0 Å². The number of aliphatic hydroxyl groups is 1. The van der Waals surface area contributed by atoms with Crippen molar-refractivity contribution in [2.45, 2.75) is 6.04 Å². The van der Waals surface area contributed by atoms with Gasteiger partial charge in [-0.05, 0) is 42.5 Å². The van der Waals surface area contributed by atoms with Crippen molar-refractivity contribution in [3.8, 4) is 0 Å². The number of ketones is 1. The van der Waals surface area contributed by atoms with Crippen molar-refractivity contribution in [2.75, 3.05) is 4.90 Å². The molecule has 0 saturated carbocycles. The normalized spacial score (nSPS) is 18.3. The summed E-state index contributed by atoms with van der Waals surface area (Å²) in [6, 6.07) is 15.6. The van der Waals surface area contributed by atoms with E-state index < -0.39 is 29.3 Å². The van der Waals surface area contributed by atoms with Crippen molar-refractivity contribution in [3.05, 3.63) is 100 Å². The summed E-state index contributed by atoms with van der Waals surface area (Å²) in [4.78, 5) is 31.0. The summed E-state index contributed by atoms with van der Waals surface area (Å²) in [5.41, 5.74) is 0.149. The van der Waals surface area contributed by atoms with Gasteiger partial charge >= 0.3 is 5.91 Å². The molecule has 1 aliphatic rings. The van der Waals surface area contributed by atoms with Gasteiger partial charge in [0.05, 0.1) is 11.6 Å². The quantitative estimate of drug-likeness (QED) is 0.393. The molecule has 1 fully saturated rings. The number of hydrogen-bond donors (Lipinski definition) is 1. The van der Waals surface area contributed by atoms with Gasteiger partial charge in [0.1, 0.15) is 17.4 Å². The second-order valence-electron chi connectivity index (χ2n) is 6.39. The zero-order valence-electron chi connectivity index (χ0n) is 14.9. The molecule has 1 amide bonds. The molecule has 1 N–H and O–H groups in total. The molecule has 1 atom stereocenters. The summed E-state index contributed by atoms with van der Waals surface area (Å²) in [5, 5.41) is 11.3. The Bertz CT molecular complexity index is 1130. The van der Waals surface area contributed by atoms with Crippen molar-refractivity contribution in [1.82, 2.24) is 4.98 Å². The topological polar surface area (TPSA) is 70.5 Å². The van der Waals surface area contributed by atoms with Crippen LogP contribution in [-0.2, 0) is 9.59 Å². The zero-order chi connectivity index (χ0) is 20.5. The Morgan fingerprint density at radius 3 is 2.34 bits per heavy atom. The maximum Gasteiger partial charge on any atom is 0.301 e. The highest BCUT2D eigenvalue weighted by atomic mass is 35.5. The number of nitrogens with zero attached hydrogens (tertiary/aromatic N) is 2. The zero-order valence-corrected chi connectivity index (χ0v) is 15.7. The van der Waals surface area contributed by atoms with Crippen molar-refractivity contribution < 1.29 is 19.1 Å².